The zero-order valence-electron chi connectivity index (χ0n) is 14.4. The van der Waals surface area contributed by atoms with Gasteiger partial charge in [-0.3, -0.25) is 9.97 Å². The fourth-order valence-corrected chi connectivity index (χ4v) is 3.48. The van der Waals surface area contributed by atoms with Crippen molar-refractivity contribution >= 4 is 27.4 Å². The number of halogens is 1. The van der Waals surface area contributed by atoms with Crippen molar-refractivity contribution in [3.63, 3.8) is 0 Å². The Labute approximate surface area is 155 Å². The number of hydrogen-bond acceptors (Lipinski definition) is 4. The molecule has 4 aromatic heterocycles. The van der Waals surface area contributed by atoms with Crippen LogP contribution in [0.1, 0.15) is 18.5 Å². The fraction of sp³-hybridized carbons (Fsp3) is 0.0909. The van der Waals surface area contributed by atoms with E-state index in [-0.39, 0.29) is 5.83 Å². The monoisotopic (exact) mass is 354 g/mol. The Bertz CT molecular complexity index is 1240. The Balaban J connectivity index is 1.85. The minimum atomic E-state index is -0.138. The molecule has 1 aliphatic carbocycles. The number of pyridine rings is 4. The van der Waals surface area contributed by atoms with E-state index < -0.39 is 0 Å². The lowest BCUT2D eigenvalue weighted by Crippen LogP contribution is -1.98. The maximum Gasteiger partial charge on any atom is 0.160 e. The summed E-state index contributed by atoms with van der Waals surface area (Å²) in [7, 11) is 0. The van der Waals surface area contributed by atoms with Gasteiger partial charge in [0.25, 0.3) is 0 Å². The molecule has 5 heteroatoms. The summed E-state index contributed by atoms with van der Waals surface area (Å²) >= 11 is 0. The van der Waals surface area contributed by atoms with Crippen LogP contribution in [-0.2, 0) is 0 Å². The zero-order chi connectivity index (χ0) is 18.2. The molecule has 1 aliphatic rings. The average molecular weight is 354 g/mol. The van der Waals surface area contributed by atoms with Gasteiger partial charge in [-0.2, -0.15) is 0 Å². The summed E-state index contributed by atoms with van der Waals surface area (Å²) in [6.07, 6.45) is 11.9. The largest absolute Gasteiger partial charge is 0.264 e. The van der Waals surface area contributed by atoms with Crippen LogP contribution in [-0.4, -0.2) is 19.9 Å². The van der Waals surface area contributed by atoms with Crippen molar-refractivity contribution in [2.24, 2.45) is 0 Å². The quantitative estimate of drug-likeness (QED) is 0.492. The van der Waals surface area contributed by atoms with Crippen LogP contribution in [0.25, 0.3) is 38.6 Å². The van der Waals surface area contributed by atoms with Crippen LogP contribution >= 0.6 is 0 Å². The highest BCUT2D eigenvalue weighted by atomic mass is 19.1. The van der Waals surface area contributed by atoms with Crippen LogP contribution in [0.15, 0.2) is 73.1 Å². The van der Waals surface area contributed by atoms with Gasteiger partial charge in [0.2, 0.25) is 0 Å². The van der Waals surface area contributed by atoms with Crippen LogP contribution in [0.4, 0.5) is 4.39 Å². The first-order chi connectivity index (χ1) is 13.3. The molecule has 0 amide bonds. The Morgan fingerprint density at radius 3 is 2.85 bits per heavy atom. The number of allylic oxidation sites excluding steroid dienone is 4. The predicted molar refractivity (Wildman–Crippen MR) is 104 cm³/mol. The summed E-state index contributed by atoms with van der Waals surface area (Å²) in [6, 6.07) is 9.63. The highest BCUT2D eigenvalue weighted by Gasteiger charge is 2.17. The first-order valence-electron chi connectivity index (χ1n) is 8.82. The van der Waals surface area contributed by atoms with Gasteiger partial charge >= 0.3 is 0 Å². The van der Waals surface area contributed by atoms with Crippen molar-refractivity contribution in [2.45, 2.75) is 12.8 Å². The molecule has 0 aromatic carbocycles. The molecule has 0 saturated carbocycles. The van der Waals surface area contributed by atoms with Gasteiger partial charge in [0.05, 0.1) is 11.4 Å². The molecule has 0 radical (unpaired) electrons. The van der Waals surface area contributed by atoms with E-state index in [2.05, 4.69) is 19.9 Å². The third-order valence-electron chi connectivity index (χ3n) is 4.79. The molecule has 5 rings (SSSR count). The number of fused-ring (bicyclic) bond motifs is 2. The summed E-state index contributed by atoms with van der Waals surface area (Å²) in [6.45, 7) is 0. The molecule has 0 bridgehead atoms. The van der Waals surface area contributed by atoms with Gasteiger partial charge in [0, 0.05) is 58.5 Å². The molecular weight excluding hydrogens is 339 g/mol. The molecule has 4 heterocycles. The SMILES string of the molecule is FC1=C(c2cc(-c3nccc4cnccc34)c3cccnc3n2)C=CCC1. The second-order valence-electron chi connectivity index (χ2n) is 6.45. The lowest BCUT2D eigenvalue weighted by atomic mass is 9.97. The van der Waals surface area contributed by atoms with Crippen molar-refractivity contribution in [3.8, 4) is 11.3 Å². The third kappa shape index (κ3) is 2.68. The summed E-state index contributed by atoms with van der Waals surface area (Å²) < 4.78 is 14.5. The smallest absolute Gasteiger partial charge is 0.160 e. The molecule has 0 atom stereocenters. The molecule has 27 heavy (non-hydrogen) atoms. The summed E-state index contributed by atoms with van der Waals surface area (Å²) in [5.41, 5.74) is 3.39. The van der Waals surface area contributed by atoms with Crippen LogP contribution in [0, 0.1) is 0 Å². The standard InChI is InChI=1S/C22H15FN4/c23-19-6-2-1-4-17(19)20-12-18(16-5-3-9-26-22(16)27-20)21-15-8-10-24-13-14(15)7-11-25-21/h1,3-5,7-13H,2,6H2. The van der Waals surface area contributed by atoms with E-state index in [9.17, 15) is 4.39 Å². The summed E-state index contributed by atoms with van der Waals surface area (Å²) in [5.74, 6) is -0.138. The lowest BCUT2D eigenvalue weighted by molar-refractivity contribution is 0.592. The number of rotatable bonds is 2. The van der Waals surface area contributed by atoms with E-state index in [1.54, 1.807) is 24.7 Å². The number of aromatic nitrogens is 4. The Morgan fingerprint density at radius 1 is 0.963 bits per heavy atom. The molecule has 0 spiro atoms. The highest BCUT2D eigenvalue weighted by molar-refractivity contribution is 6.02. The second kappa shape index (κ2) is 6.36. The van der Waals surface area contributed by atoms with Gasteiger partial charge in [0.15, 0.2) is 5.65 Å². The van der Waals surface area contributed by atoms with E-state index in [4.69, 9.17) is 0 Å². The molecule has 4 aromatic rings. The van der Waals surface area contributed by atoms with Crippen LogP contribution in [0.3, 0.4) is 0 Å². The zero-order valence-corrected chi connectivity index (χ0v) is 14.4. The minimum absolute atomic E-state index is 0.138. The maximum atomic E-state index is 14.5. The normalized spacial score (nSPS) is 14.3. The van der Waals surface area contributed by atoms with Gasteiger partial charge in [-0.1, -0.05) is 12.2 Å². The molecular formula is C22H15FN4. The lowest BCUT2D eigenvalue weighted by Gasteiger charge is -2.13. The second-order valence-corrected chi connectivity index (χ2v) is 6.45. The van der Waals surface area contributed by atoms with Gasteiger partial charge in [-0.15, -0.1) is 0 Å². The fourth-order valence-electron chi connectivity index (χ4n) is 3.48. The van der Waals surface area contributed by atoms with Crippen LogP contribution in [0.2, 0.25) is 0 Å². The summed E-state index contributed by atoms with van der Waals surface area (Å²) in [5, 5.41) is 2.88. The topological polar surface area (TPSA) is 51.6 Å². The van der Waals surface area contributed by atoms with Crippen LogP contribution < -0.4 is 0 Å². The van der Waals surface area contributed by atoms with Crippen LogP contribution in [0.5, 0.6) is 0 Å². The van der Waals surface area contributed by atoms with E-state index in [1.807, 2.05) is 42.6 Å². The number of hydrogen-bond donors (Lipinski definition) is 0. The molecule has 0 fully saturated rings. The van der Waals surface area contributed by atoms with Crippen molar-refractivity contribution in [3.05, 3.63) is 78.8 Å². The van der Waals surface area contributed by atoms with Gasteiger partial charge in [-0.05, 0) is 36.8 Å². The minimum Gasteiger partial charge on any atom is -0.264 e. The van der Waals surface area contributed by atoms with Crippen molar-refractivity contribution < 1.29 is 4.39 Å². The Morgan fingerprint density at radius 2 is 1.93 bits per heavy atom. The molecule has 0 N–H and O–H groups in total. The highest BCUT2D eigenvalue weighted by Crippen LogP contribution is 2.35. The first-order valence-corrected chi connectivity index (χ1v) is 8.82. The third-order valence-corrected chi connectivity index (χ3v) is 4.79. The van der Waals surface area contributed by atoms with E-state index in [0.29, 0.717) is 29.8 Å². The van der Waals surface area contributed by atoms with E-state index in [0.717, 1.165) is 27.4 Å². The predicted octanol–water partition coefficient (Wildman–Crippen LogP) is 5.27. The molecule has 0 aliphatic heterocycles. The van der Waals surface area contributed by atoms with Crippen molar-refractivity contribution in [1.29, 1.82) is 0 Å². The van der Waals surface area contributed by atoms with Gasteiger partial charge < -0.3 is 0 Å². The van der Waals surface area contributed by atoms with E-state index in [1.165, 1.54) is 0 Å². The molecule has 0 saturated heterocycles. The molecule has 130 valence electrons. The van der Waals surface area contributed by atoms with Gasteiger partial charge in [-0.25, -0.2) is 14.4 Å². The molecule has 0 unspecified atom stereocenters. The van der Waals surface area contributed by atoms with E-state index >= 15 is 0 Å². The molecule has 4 nitrogen and oxygen atoms in total. The average Bonchev–Trinajstić information content (AvgIpc) is 2.73. The first kappa shape index (κ1) is 15.8. The van der Waals surface area contributed by atoms with Gasteiger partial charge in [0.1, 0.15) is 5.83 Å². The Hall–Kier alpha value is -3.47. The van der Waals surface area contributed by atoms with Crippen molar-refractivity contribution in [1.82, 2.24) is 19.9 Å². The number of nitrogens with zero attached hydrogens (tertiary/aromatic N) is 4. The Kier molecular flexibility index (Phi) is 3.71. The van der Waals surface area contributed by atoms with Crippen molar-refractivity contribution in [2.75, 3.05) is 0 Å². The maximum absolute atomic E-state index is 14.5. The summed E-state index contributed by atoms with van der Waals surface area (Å²) in [4.78, 5) is 17.8.